The van der Waals surface area contributed by atoms with E-state index in [-0.39, 0.29) is 17.7 Å². The molecule has 7 rings (SSSR count). The maximum atomic E-state index is 12.1. The molecule has 170 valence electrons. The van der Waals surface area contributed by atoms with Gasteiger partial charge < -0.3 is 15.1 Å². The summed E-state index contributed by atoms with van der Waals surface area (Å²) < 4.78 is 0.896. The average molecular weight is 426 g/mol. The number of hydrogen-bond acceptors (Lipinski definition) is 3. The molecule has 4 heteroatoms. The molecule has 0 radical (unpaired) electrons. The van der Waals surface area contributed by atoms with Crippen molar-refractivity contribution in [2.24, 2.45) is 17.8 Å². The maximum Gasteiger partial charge on any atom is 0.194 e. The molecule has 5 fully saturated rings. The van der Waals surface area contributed by atoms with Crippen molar-refractivity contribution in [2.75, 3.05) is 18.5 Å². The second-order valence-electron chi connectivity index (χ2n) is 11.5. The quantitative estimate of drug-likeness (QED) is 0.512. The Morgan fingerprint density at radius 1 is 1.06 bits per heavy atom. The number of aliphatic hydroxyl groups excluding tert-OH is 2. The average Bonchev–Trinajstić information content (AvgIpc) is 3.16. The lowest BCUT2D eigenvalue weighted by atomic mass is 9.60. The molecule has 4 nitrogen and oxygen atoms in total. The zero-order valence-corrected chi connectivity index (χ0v) is 19.6. The van der Waals surface area contributed by atoms with Crippen molar-refractivity contribution in [3.63, 3.8) is 0 Å². The van der Waals surface area contributed by atoms with E-state index < -0.39 is 0 Å². The third-order valence-electron chi connectivity index (χ3n) is 10.8. The van der Waals surface area contributed by atoms with Crippen LogP contribution in [0.5, 0.6) is 0 Å². The molecular weight excluding hydrogens is 384 g/mol. The van der Waals surface area contributed by atoms with Gasteiger partial charge in [-0.2, -0.15) is 0 Å². The van der Waals surface area contributed by atoms with Gasteiger partial charge in [0.15, 0.2) is 6.23 Å². The molecule has 1 aliphatic carbocycles. The van der Waals surface area contributed by atoms with E-state index in [0.717, 1.165) is 23.9 Å². The first-order chi connectivity index (χ1) is 15.0. The van der Waals surface area contributed by atoms with Crippen LogP contribution in [0.1, 0.15) is 70.8 Å². The highest BCUT2D eigenvalue weighted by molar-refractivity contribution is 5.66. The first-order valence-corrected chi connectivity index (χ1v) is 13.1. The molecule has 5 unspecified atom stereocenters. The number of aliphatic hydroxyl groups is 2. The smallest absolute Gasteiger partial charge is 0.194 e. The van der Waals surface area contributed by atoms with E-state index in [4.69, 9.17) is 0 Å². The van der Waals surface area contributed by atoms with E-state index in [1.165, 1.54) is 49.8 Å². The van der Waals surface area contributed by atoms with Crippen LogP contribution in [-0.2, 0) is 5.41 Å². The van der Waals surface area contributed by atoms with Crippen LogP contribution in [0.25, 0.3) is 0 Å². The highest BCUT2D eigenvalue weighted by atomic mass is 16.3. The van der Waals surface area contributed by atoms with E-state index in [1.54, 1.807) is 0 Å². The number of nitrogens with zero attached hydrogens (tertiary/aromatic N) is 2. The zero-order valence-electron chi connectivity index (χ0n) is 19.6. The Morgan fingerprint density at radius 3 is 2.61 bits per heavy atom. The molecule has 31 heavy (non-hydrogen) atoms. The Labute approximate surface area is 187 Å². The van der Waals surface area contributed by atoms with E-state index in [1.807, 2.05) is 0 Å². The molecular formula is C27H41N2O2+. The fourth-order valence-electron chi connectivity index (χ4n) is 9.83. The van der Waals surface area contributed by atoms with Crippen molar-refractivity contribution < 1.29 is 14.7 Å². The number of piperidine rings is 4. The van der Waals surface area contributed by atoms with Crippen LogP contribution in [0.2, 0.25) is 0 Å². The number of likely N-dealkylation sites (N-methyl/N-ethyl adjacent to an activating group) is 1. The van der Waals surface area contributed by atoms with E-state index >= 15 is 0 Å². The molecule has 0 amide bonds. The number of fused-ring (bicyclic) bond motifs is 2. The highest BCUT2D eigenvalue weighted by Gasteiger charge is 2.82. The second kappa shape index (κ2) is 6.95. The van der Waals surface area contributed by atoms with Gasteiger partial charge in [-0.05, 0) is 36.8 Å². The summed E-state index contributed by atoms with van der Waals surface area (Å²) in [5.41, 5.74) is 2.57. The van der Waals surface area contributed by atoms with Gasteiger partial charge in [0, 0.05) is 37.4 Å². The van der Waals surface area contributed by atoms with Crippen LogP contribution in [0.3, 0.4) is 0 Å². The lowest BCUT2D eigenvalue weighted by Gasteiger charge is -2.68. The minimum atomic E-state index is -0.273. The van der Waals surface area contributed by atoms with Gasteiger partial charge >= 0.3 is 0 Å². The molecule has 0 aromatic heterocycles. The monoisotopic (exact) mass is 425 g/mol. The van der Waals surface area contributed by atoms with Crippen molar-refractivity contribution in [3.8, 4) is 0 Å². The first kappa shape index (κ1) is 20.5. The lowest BCUT2D eigenvalue weighted by Crippen LogP contribution is -2.83. The second-order valence-corrected chi connectivity index (χ2v) is 11.5. The molecule has 6 aliphatic rings. The topological polar surface area (TPSA) is 43.7 Å². The number of anilines is 1. The molecule has 1 aromatic rings. The summed E-state index contributed by atoms with van der Waals surface area (Å²) in [6.45, 7) is 5.64. The summed E-state index contributed by atoms with van der Waals surface area (Å²) in [4.78, 5) is 2.51. The Balaban J connectivity index is 1.46. The minimum absolute atomic E-state index is 0.133. The van der Waals surface area contributed by atoms with Crippen molar-refractivity contribution in [1.29, 1.82) is 0 Å². The normalized spacial score (nSPS) is 48.4. The van der Waals surface area contributed by atoms with Crippen LogP contribution in [0, 0.1) is 17.8 Å². The molecule has 1 saturated carbocycles. The Hall–Kier alpha value is -1.10. The molecule has 4 saturated heterocycles. The molecule has 10 atom stereocenters. The summed E-state index contributed by atoms with van der Waals surface area (Å²) >= 11 is 0. The van der Waals surface area contributed by atoms with Crippen LogP contribution in [0.4, 0.5) is 5.69 Å². The molecule has 5 bridgehead atoms. The summed E-state index contributed by atoms with van der Waals surface area (Å²) in [7, 11) is 2.26. The summed E-state index contributed by atoms with van der Waals surface area (Å²) in [6.07, 6.45) is 9.15. The van der Waals surface area contributed by atoms with Gasteiger partial charge in [-0.15, -0.1) is 0 Å². The van der Waals surface area contributed by atoms with Crippen LogP contribution in [-0.4, -0.2) is 58.7 Å². The zero-order chi connectivity index (χ0) is 21.5. The summed E-state index contributed by atoms with van der Waals surface area (Å²) in [5, 5.41) is 24.0. The number of benzene rings is 1. The third-order valence-corrected chi connectivity index (χ3v) is 10.8. The predicted octanol–water partition coefficient (Wildman–Crippen LogP) is 4.04. The SMILES string of the molecule is CCCCCCC[N+]12C3C[C@H](C4C(O)C5(C[C@@H]41)c1ccccc1N(C)[C@@H]35)[C@H](CC)[C@H]2O. The van der Waals surface area contributed by atoms with Gasteiger partial charge in [0.2, 0.25) is 0 Å². The van der Waals surface area contributed by atoms with Crippen LogP contribution >= 0.6 is 0 Å². The van der Waals surface area contributed by atoms with Crippen molar-refractivity contribution in [3.05, 3.63) is 29.8 Å². The largest absolute Gasteiger partial charge is 0.392 e. The standard InChI is InChI=1S/C27H41N2O2/c1-4-6-7-8-11-14-29-21-15-18(17(5-2)26(29)31)23-22(29)16-27(25(23)30)19-12-9-10-13-20(19)28(3)24(21)27/h9-10,12-13,17-18,21-26,30-31H,4-8,11,14-16H2,1-3H3/q+1/t17-,18-,21?,22-,23?,24-,25?,26+,27?,29?/m0/s1. The van der Waals surface area contributed by atoms with Gasteiger partial charge in [0.1, 0.15) is 6.04 Å². The summed E-state index contributed by atoms with van der Waals surface area (Å²) in [5.74, 6) is 1.18. The molecule has 2 N–H and O–H groups in total. The Kier molecular flexibility index (Phi) is 4.60. The van der Waals surface area contributed by atoms with Gasteiger partial charge in [0.25, 0.3) is 0 Å². The van der Waals surface area contributed by atoms with Gasteiger partial charge in [-0.3, -0.25) is 4.48 Å². The third kappa shape index (κ3) is 2.23. The Bertz CT molecular complexity index is 859. The van der Waals surface area contributed by atoms with Gasteiger partial charge in [-0.25, -0.2) is 0 Å². The van der Waals surface area contributed by atoms with E-state index in [0.29, 0.717) is 35.9 Å². The molecule has 1 aromatic carbocycles. The first-order valence-electron chi connectivity index (χ1n) is 13.1. The van der Waals surface area contributed by atoms with Crippen LogP contribution < -0.4 is 4.90 Å². The molecule has 5 aliphatic heterocycles. The van der Waals surface area contributed by atoms with Crippen LogP contribution in [0.15, 0.2) is 24.3 Å². The maximum absolute atomic E-state index is 12.1. The fourth-order valence-corrected chi connectivity index (χ4v) is 9.83. The van der Waals surface area contributed by atoms with Crippen molar-refractivity contribution in [2.45, 2.75) is 101 Å². The van der Waals surface area contributed by atoms with Crippen molar-refractivity contribution >= 4 is 5.69 Å². The molecule has 5 heterocycles. The number of unbranched alkanes of at least 4 members (excludes halogenated alkanes) is 4. The summed E-state index contributed by atoms with van der Waals surface area (Å²) in [6, 6.07) is 10.0. The number of para-hydroxylation sites is 1. The molecule has 1 spiro atoms. The van der Waals surface area contributed by atoms with Gasteiger partial charge in [-0.1, -0.05) is 51.3 Å². The van der Waals surface area contributed by atoms with Crippen molar-refractivity contribution in [1.82, 2.24) is 0 Å². The minimum Gasteiger partial charge on any atom is -0.392 e. The van der Waals surface area contributed by atoms with E-state index in [2.05, 4.69) is 50.1 Å². The highest BCUT2D eigenvalue weighted by Crippen LogP contribution is 2.71. The van der Waals surface area contributed by atoms with E-state index in [9.17, 15) is 10.2 Å². The number of rotatable bonds is 7. The van der Waals surface area contributed by atoms with Gasteiger partial charge in [0.05, 0.1) is 30.1 Å². The number of quaternary nitrogens is 1. The number of hydrogen-bond donors (Lipinski definition) is 2. The predicted molar refractivity (Wildman–Crippen MR) is 124 cm³/mol. The lowest BCUT2D eigenvalue weighted by molar-refractivity contribution is -1.04. The fraction of sp³-hybridized carbons (Fsp3) is 0.778. The Morgan fingerprint density at radius 2 is 1.84 bits per heavy atom.